The number of carboxylic acid groups (broad SMARTS) is 1. The van der Waals surface area contributed by atoms with E-state index in [1.165, 1.54) is 16.9 Å². The molecule has 4 nitrogen and oxygen atoms in total. The third kappa shape index (κ3) is 4.04. The Morgan fingerprint density at radius 1 is 1.33 bits per heavy atom. The van der Waals surface area contributed by atoms with Gasteiger partial charge in [-0.3, -0.25) is 0 Å². The quantitative estimate of drug-likeness (QED) is 0.879. The van der Waals surface area contributed by atoms with Crippen molar-refractivity contribution in [2.75, 3.05) is 6.61 Å². The van der Waals surface area contributed by atoms with Crippen LogP contribution >= 0.6 is 11.3 Å². The lowest BCUT2D eigenvalue weighted by molar-refractivity contribution is 0.0691. The second kappa shape index (κ2) is 6.26. The van der Waals surface area contributed by atoms with E-state index in [0.717, 1.165) is 17.2 Å². The molecule has 1 heterocycles. The van der Waals surface area contributed by atoms with Crippen molar-refractivity contribution in [3.05, 3.63) is 45.9 Å². The van der Waals surface area contributed by atoms with Crippen LogP contribution in [-0.4, -0.2) is 22.7 Å². The highest BCUT2D eigenvalue weighted by Crippen LogP contribution is 2.30. The van der Waals surface area contributed by atoms with Crippen LogP contribution in [0.5, 0.6) is 5.75 Å². The summed E-state index contributed by atoms with van der Waals surface area (Å²) in [5.74, 6) is -0.133. The number of aromatic carboxylic acids is 1. The minimum atomic E-state index is -0.982. The van der Waals surface area contributed by atoms with Crippen LogP contribution in [0.3, 0.4) is 0 Å². The molecule has 2 aromatic rings. The Balaban J connectivity index is 1.94. The van der Waals surface area contributed by atoms with Gasteiger partial charge in [0.25, 0.3) is 0 Å². The number of hydrogen-bond donors (Lipinski definition) is 1. The molecule has 0 spiro atoms. The van der Waals surface area contributed by atoms with Gasteiger partial charge in [0, 0.05) is 10.8 Å². The zero-order chi connectivity index (χ0) is 15.5. The van der Waals surface area contributed by atoms with Crippen molar-refractivity contribution >= 4 is 17.3 Å². The normalized spacial score (nSPS) is 11.4. The molecule has 0 amide bonds. The number of hydrogen-bond acceptors (Lipinski definition) is 4. The van der Waals surface area contributed by atoms with E-state index >= 15 is 0 Å². The molecular weight excluding hydrogens is 286 g/mol. The molecule has 2 rings (SSSR count). The lowest BCUT2D eigenvalue weighted by atomic mass is 9.90. The van der Waals surface area contributed by atoms with Gasteiger partial charge in [0.15, 0.2) is 5.69 Å². The van der Waals surface area contributed by atoms with Gasteiger partial charge in [0.05, 0.1) is 11.6 Å². The van der Waals surface area contributed by atoms with Gasteiger partial charge in [-0.2, -0.15) is 0 Å². The smallest absolute Gasteiger partial charge is 0.355 e. The van der Waals surface area contributed by atoms with Crippen molar-refractivity contribution in [2.24, 2.45) is 0 Å². The average molecular weight is 305 g/mol. The average Bonchev–Trinajstić information content (AvgIpc) is 2.91. The summed E-state index contributed by atoms with van der Waals surface area (Å²) in [6, 6.07) is 7.93. The number of nitrogens with zero attached hydrogens (tertiary/aromatic N) is 1. The van der Waals surface area contributed by atoms with E-state index < -0.39 is 5.97 Å². The fraction of sp³-hybridized carbons (Fsp3) is 0.375. The topological polar surface area (TPSA) is 59.4 Å². The van der Waals surface area contributed by atoms with Gasteiger partial charge in [-0.05, 0) is 25.5 Å². The van der Waals surface area contributed by atoms with Gasteiger partial charge >= 0.3 is 5.97 Å². The number of carboxylic acids is 1. The first-order valence-corrected chi connectivity index (χ1v) is 7.65. The van der Waals surface area contributed by atoms with Crippen molar-refractivity contribution in [1.82, 2.24) is 4.98 Å². The molecule has 0 bridgehead atoms. The molecule has 1 aromatic heterocycles. The van der Waals surface area contributed by atoms with E-state index in [4.69, 9.17) is 9.84 Å². The maximum Gasteiger partial charge on any atom is 0.355 e. The molecule has 0 radical (unpaired) electrons. The van der Waals surface area contributed by atoms with Gasteiger partial charge in [-0.1, -0.05) is 31.5 Å². The third-order valence-electron chi connectivity index (χ3n) is 3.32. The number of benzene rings is 1. The van der Waals surface area contributed by atoms with Crippen LogP contribution in [-0.2, 0) is 5.41 Å². The zero-order valence-electron chi connectivity index (χ0n) is 12.4. The highest BCUT2D eigenvalue weighted by molar-refractivity contribution is 7.10. The molecule has 1 N–H and O–H groups in total. The van der Waals surface area contributed by atoms with Gasteiger partial charge in [0.1, 0.15) is 5.75 Å². The summed E-state index contributed by atoms with van der Waals surface area (Å²) in [5.41, 5.74) is 1.11. The molecule has 0 saturated carbocycles. The van der Waals surface area contributed by atoms with Crippen molar-refractivity contribution in [1.29, 1.82) is 0 Å². The van der Waals surface area contributed by atoms with Crippen LogP contribution in [0, 0.1) is 6.92 Å². The van der Waals surface area contributed by atoms with E-state index in [9.17, 15) is 4.79 Å². The number of aromatic nitrogens is 1. The zero-order valence-corrected chi connectivity index (χ0v) is 13.2. The Morgan fingerprint density at radius 3 is 2.57 bits per heavy atom. The molecule has 5 heteroatoms. The standard InChI is InChI=1S/C16H19NO3S/c1-11-4-6-12(7-5-11)20-9-8-16(2,3)15-17-13(10-21-15)14(18)19/h4-7,10H,8-9H2,1-3H3,(H,18,19). The summed E-state index contributed by atoms with van der Waals surface area (Å²) in [6.07, 6.45) is 0.771. The summed E-state index contributed by atoms with van der Waals surface area (Å²) in [4.78, 5) is 15.1. The first-order valence-electron chi connectivity index (χ1n) is 6.77. The highest BCUT2D eigenvalue weighted by Gasteiger charge is 2.25. The lowest BCUT2D eigenvalue weighted by Gasteiger charge is -2.21. The first-order chi connectivity index (χ1) is 9.88. The maximum atomic E-state index is 10.9. The Labute approximate surface area is 128 Å². The number of aryl methyl sites for hydroxylation is 1. The predicted octanol–water partition coefficient (Wildman–Crippen LogP) is 3.90. The van der Waals surface area contributed by atoms with E-state index in [1.807, 2.05) is 31.2 Å². The Bertz CT molecular complexity index is 617. The van der Waals surface area contributed by atoms with Gasteiger partial charge < -0.3 is 9.84 Å². The van der Waals surface area contributed by atoms with Crippen LogP contribution in [0.15, 0.2) is 29.6 Å². The van der Waals surface area contributed by atoms with E-state index in [-0.39, 0.29) is 11.1 Å². The minimum Gasteiger partial charge on any atom is -0.494 e. The summed E-state index contributed by atoms with van der Waals surface area (Å²) in [6.45, 7) is 6.71. The van der Waals surface area contributed by atoms with E-state index in [2.05, 4.69) is 18.8 Å². The summed E-state index contributed by atoms with van der Waals surface area (Å²) in [7, 11) is 0. The molecular formula is C16H19NO3S. The molecule has 0 aliphatic carbocycles. The van der Waals surface area contributed by atoms with Gasteiger partial charge in [-0.25, -0.2) is 9.78 Å². The van der Waals surface area contributed by atoms with Crippen molar-refractivity contribution < 1.29 is 14.6 Å². The molecule has 0 aliphatic rings. The molecule has 112 valence electrons. The largest absolute Gasteiger partial charge is 0.494 e. The van der Waals surface area contributed by atoms with Crippen molar-refractivity contribution in [3.63, 3.8) is 0 Å². The number of ether oxygens (including phenoxy) is 1. The molecule has 0 aliphatic heterocycles. The van der Waals surface area contributed by atoms with Crippen molar-refractivity contribution in [2.45, 2.75) is 32.6 Å². The molecule has 21 heavy (non-hydrogen) atoms. The fourth-order valence-electron chi connectivity index (χ4n) is 1.85. The van der Waals surface area contributed by atoms with E-state index in [1.54, 1.807) is 5.38 Å². The Morgan fingerprint density at radius 2 is 2.00 bits per heavy atom. The summed E-state index contributed by atoms with van der Waals surface area (Å²) < 4.78 is 5.73. The fourth-order valence-corrected chi connectivity index (χ4v) is 2.80. The molecule has 1 aromatic carbocycles. The molecule has 0 atom stereocenters. The predicted molar refractivity (Wildman–Crippen MR) is 83.4 cm³/mol. The second-order valence-electron chi connectivity index (χ2n) is 5.64. The molecule has 0 unspecified atom stereocenters. The summed E-state index contributed by atoms with van der Waals surface area (Å²) >= 11 is 1.39. The van der Waals surface area contributed by atoms with Crippen LogP contribution in [0.4, 0.5) is 0 Å². The van der Waals surface area contributed by atoms with Crippen LogP contribution in [0.25, 0.3) is 0 Å². The van der Waals surface area contributed by atoms with Crippen LogP contribution in [0.2, 0.25) is 0 Å². The van der Waals surface area contributed by atoms with Crippen LogP contribution < -0.4 is 4.74 Å². The maximum absolute atomic E-state index is 10.9. The van der Waals surface area contributed by atoms with Gasteiger partial charge in [0.2, 0.25) is 0 Å². The SMILES string of the molecule is Cc1ccc(OCCC(C)(C)c2nc(C(=O)O)cs2)cc1. The second-order valence-corrected chi connectivity index (χ2v) is 6.50. The minimum absolute atomic E-state index is 0.113. The first kappa shape index (κ1) is 15.5. The monoisotopic (exact) mass is 305 g/mol. The molecule has 0 fully saturated rings. The lowest BCUT2D eigenvalue weighted by Crippen LogP contribution is -2.20. The Kier molecular flexibility index (Phi) is 4.63. The Hall–Kier alpha value is -1.88. The third-order valence-corrected chi connectivity index (χ3v) is 4.53. The van der Waals surface area contributed by atoms with Crippen LogP contribution in [0.1, 0.15) is 41.3 Å². The van der Waals surface area contributed by atoms with Crippen molar-refractivity contribution in [3.8, 4) is 5.75 Å². The van der Waals surface area contributed by atoms with E-state index in [0.29, 0.717) is 6.61 Å². The number of carbonyl (C=O) groups is 1. The molecule has 0 saturated heterocycles. The number of thiazole rings is 1. The van der Waals surface area contributed by atoms with Gasteiger partial charge in [-0.15, -0.1) is 11.3 Å². The highest BCUT2D eigenvalue weighted by atomic mass is 32.1. The number of rotatable bonds is 6. The summed E-state index contributed by atoms with van der Waals surface area (Å²) in [5, 5.41) is 11.3.